The molecule has 3 heterocycles. The summed E-state index contributed by atoms with van der Waals surface area (Å²) in [7, 11) is 0. The molecule has 31 heavy (non-hydrogen) atoms. The first-order valence-corrected chi connectivity index (χ1v) is 10.3. The van der Waals surface area contributed by atoms with Crippen molar-refractivity contribution in [1.82, 2.24) is 24.9 Å². The highest BCUT2D eigenvalue weighted by Crippen LogP contribution is 2.26. The Morgan fingerprint density at radius 2 is 1.94 bits per heavy atom. The topological polar surface area (TPSA) is 113 Å². The van der Waals surface area contributed by atoms with Gasteiger partial charge in [0.05, 0.1) is 12.6 Å². The number of amides is 2. The van der Waals surface area contributed by atoms with E-state index in [0.29, 0.717) is 41.3 Å². The molecule has 0 radical (unpaired) electrons. The molecule has 0 bridgehead atoms. The summed E-state index contributed by atoms with van der Waals surface area (Å²) in [5, 5.41) is 13.4. The molecule has 158 valence electrons. The molecule has 2 aliphatic rings. The van der Waals surface area contributed by atoms with Gasteiger partial charge in [-0.25, -0.2) is 0 Å². The van der Waals surface area contributed by atoms with Gasteiger partial charge in [0, 0.05) is 23.7 Å². The Morgan fingerprint density at radius 3 is 2.61 bits per heavy atom. The molecule has 0 unspecified atom stereocenters. The smallest absolute Gasteiger partial charge is 0.254 e. The Kier molecular flexibility index (Phi) is 4.65. The van der Waals surface area contributed by atoms with Crippen molar-refractivity contribution in [2.45, 2.75) is 45.7 Å². The third-order valence-electron chi connectivity index (χ3n) is 5.26. The minimum atomic E-state index is -0.372. The molecular weight excluding hydrogens is 394 g/mol. The zero-order valence-electron chi connectivity index (χ0n) is 17.4. The molecule has 1 aliphatic carbocycles. The molecule has 3 N–H and O–H groups in total. The molecule has 1 aliphatic heterocycles. The van der Waals surface area contributed by atoms with Crippen LogP contribution in [-0.4, -0.2) is 37.4 Å². The van der Waals surface area contributed by atoms with Crippen molar-refractivity contribution >= 4 is 35.4 Å². The Balaban J connectivity index is 1.49. The maximum atomic E-state index is 12.0. The van der Waals surface area contributed by atoms with Gasteiger partial charge in [0.1, 0.15) is 0 Å². The monoisotopic (exact) mass is 417 g/mol. The molecule has 9 heteroatoms. The molecule has 3 aromatic rings. The average molecular weight is 417 g/mol. The summed E-state index contributed by atoms with van der Waals surface area (Å²) in [5.41, 5.74) is 5.20. The number of benzene rings is 1. The van der Waals surface area contributed by atoms with E-state index in [1.54, 1.807) is 16.8 Å². The Labute approximate surface area is 179 Å². The van der Waals surface area contributed by atoms with Crippen molar-refractivity contribution in [2.75, 3.05) is 10.6 Å². The quantitative estimate of drug-likeness (QED) is 0.417. The van der Waals surface area contributed by atoms with Crippen molar-refractivity contribution in [3.05, 3.63) is 52.2 Å². The predicted octanol–water partition coefficient (Wildman–Crippen LogP) is 2.36. The summed E-state index contributed by atoms with van der Waals surface area (Å²) >= 11 is 0. The summed E-state index contributed by atoms with van der Waals surface area (Å²) in [6.07, 6.45) is 5.56. The van der Waals surface area contributed by atoms with Crippen LogP contribution in [0.5, 0.6) is 0 Å². The van der Waals surface area contributed by atoms with Gasteiger partial charge in [0.25, 0.3) is 5.91 Å². The molecule has 5 rings (SSSR count). The molecule has 1 saturated heterocycles. The van der Waals surface area contributed by atoms with E-state index in [1.807, 2.05) is 0 Å². The third kappa shape index (κ3) is 4.11. The fourth-order valence-electron chi connectivity index (χ4n) is 3.74. The van der Waals surface area contributed by atoms with Crippen LogP contribution in [0.25, 0.3) is 11.7 Å². The Hall–Kier alpha value is -3.75. The summed E-state index contributed by atoms with van der Waals surface area (Å²) in [6, 6.07) is 6.78. The molecule has 0 atom stereocenters. The van der Waals surface area contributed by atoms with Gasteiger partial charge in [-0.3, -0.25) is 14.9 Å². The van der Waals surface area contributed by atoms with Crippen molar-refractivity contribution in [1.29, 1.82) is 0 Å². The van der Waals surface area contributed by atoms with Crippen LogP contribution >= 0.6 is 0 Å². The maximum absolute atomic E-state index is 12.0. The number of nitrogens with one attached hydrogen (secondary N) is 3. The highest BCUT2D eigenvalue weighted by molar-refractivity contribution is 6.15. The first-order valence-electron chi connectivity index (χ1n) is 10.3. The summed E-state index contributed by atoms with van der Waals surface area (Å²) in [4.78, 5) is 32.8. The number of aromatic nitrogens is 4. The van der Waals surface area contributed by atoms with Gasteiger partial charge in [-0.15, -0.1) is 0 Å². The number of hydrogen-bond donors (Lipinski definition) is 3. The number of aryl methyl sites for hydroxylation is 2. The number of nitrogens with zero attached hydrogens (tertiary/aromatic N) is 4. The summed E-state index contributed by atoms with van der Waals surface area (Å²) < 4.78 is 1.64. The van der Waals surface area contributed by atoms with Gasteiger partial charge in [-0.05, 0) is 38.3 Å². The zero-order chi connectivity index (χ0) is 21.5. The lowest BCUT2D eigenvalue weighted by Crippen LogP contribution is -2.19. The zero-order valence-corrected chi connectivity index (χ0v) is 17.4. The standard InChI is InChI=1S/C22H23N7O2/c1-12-5-13(2)7-14(6-12)10-23-21-27-19-16(8-15-9-18(30)26-20(15)31)11-24-29(19)22(28-21)25-17-3-4-17/h5-8,11,17H,3-4,9-10H2,1-2H3,(H,26,30,31)(H2,23,25,27,28)/b15-8+. The Morgan fingerprint density at radius 1 is 1.16 bits per heavy atom. The number of carbonyl (C=O) groups is 2. The van der Waals surface area contributed by atoms with E-state index >= 15 is 0 Å². The van der Waals surface area contributed by atoms with Crippen molar-refractivity contribution in [3.8, 4) is 0 Å². The van der Waals surface area contributed by atoms with E-state index in [-0.39, 0.29) is 18.2 Å². The van der Waals surface area contributed by atoms with Crippen LogP contribution in [0.2, 0.25) is 0 Å². The first-order chi connectivity index (χ1) is 14.9. The summed E-state index contributed by atoms with van der Waals surface area (Å²) in [6.45, 7) is 4.74. The molecule has 9 nitrogen and oxygen atoms in total. The van der Waals surface area contributed by atoms with Gasteiger partial charge in [0.2, 0.25) is 17.8 Å². The molecule has 2 amide bonds. The van der Waals surface area contributed by atoms with Crippen molar-refractivity contribution < 1.29 is 9.59 Å². The van der Waals surface area contributed by atoms with Gasteiger partial charge in [-0.2, -0.15) is 19.6 Å². The molecule has 1 saturated carbocycles. The van der Waals surface area contributed by atoms with Crippen LogP contribution in [0.1, 0.15) is 41.5 Å². The van der Waals surface area contributed by atoms with Crippen LogP contribution in [0.3, 0.4) is 0 Å². The average Bonchev–Trinajstić information content (AvgIpc) is 3.34. The normalized spacial score (nSPS) is 17.4. The number of anilines is 2. The molecule has 2 fully saturated rings. The van der Waals surface area contributed by atoms with Gasteiger partial charge >= 0.3 is 0 Å². The lowest BCUT2D eigenvalue weighted by molar-refractivity contribution is -0.124. The predicted molar refractivity (Wildman–Crippen MR) is 116 cm³/mol. The fraction of sp³-hybridized carbons (Fsp3) is 0.318. The minimum Gasteiger partial charge on any atom is -0.351 e. The molecule has 0 spiro atoms. The van der Waals surface area contributed by atoms with Crippen LogP contribution in [-0.2, 0) is 16.1 Å². The number of rotatable bonds is 6. The number of hydrogen-bond acceptors (Lipinski definition) is 7. The maximum Gasteiger partial charge on any atom is 0.254 e. The summed E-state index contributed by atoms with van der Waals surface area (Å²) in [5.74, 6) is 0.408. The van der Waals surface area contributed by atoms with Crippen LogP contribution < -0.4 is 16.0 Å². The number of imide groups is 1. The van der Waals surface area contributed by atoms with Gasteiger partial charge < -0.3 is 10.6 Å². The van der Waals surface area contributed by atoms with Gasteiger partial charge in [0.15, 0.2) is 5.65 Å². The molecular formula is C22H23N7O2. The van der Waals surface area contributed by atoms with E-state index in [1.165, 1.54) is 11.1 Å². The van der Waals surface area contributed by atoms with E-state index in [2.05, 4.69) is 63.1 Å². The lowest BCUT2D eigenvalue weighted by atomic mass is 10.1. The van der Waals surface area contributed by atoms with E-state index in [0.717, 1.165) is 18.4 Å². The number of fused-ring (bicyclic) bond motifs is 1. The SMILES string of the molecule is Cc1cc(C)cc(CNc2nc(NC3CC3)n3ncc(/C=C4\CC(=O)NC4=O)c3n2)c1. The lowest BCUT2D eigenvalue weighted by Gasteiger charge is -2.11. The van der Waals surface area contributed by atoms with E-state index < -0.39 is 0 Å². The van der Waals surface area contributed by atoms with Gasteiger partial charge in [-0.1, -0.05) is 29.3 Å². The van der Waals surface area contributed by atoms with E-state index in [4.69, 9.17) is 0 Å². The second kappa shape index (κ2) is 7.50. The minimum absolute atomic E-state index is 0.0618. The highest BCUT2D eigenvalue weighted by Gasteiger charge is 2.26. The second-order valence-corrected chi connectivity index (χ2v) is 8.20. The van der Waals surface area contributed by atoms with E-state index in [9.17, 15) is 9.59 Å². The van der Waals surface area contributed by atoms with Crippen molar-refractivity contribution in [3.63, 3.8) is 0 Å². The van der Waals surface area contributed by atoms with Crippen molar-refractivity contribution in [2.24, 2.45) is 0 Å². The fourth-order valence-corrected chi connectivity index (χ4v) is 3.74. The van der Waals surface area contributed by atoms with Crippen LogP contribution in [0.4, 0.5) is 11.9 Å². The second-order valence-electron chi connectivity index (χ2n) is 8.20. The number of carbonyl (C=O) groups excluding carboxylic acids is 2. The molecule has 1 aromatic carbocycles. The Bertz CT molecular complexity index is 1220. The van der Waals surface area contributed by atoms with Crippen LogP contribution in [0, 0.1) is 13.8 Å². The highest BCUT2D eigenvalue weighted by atomic mass is 16.2. The largest absolute Gasteiger partial charge is 0.351 e. The third-order valence-corrected chi connectivity index (χ3v) is 5.26. The van der Waals surface area contributed by atoms with Crippen LogP contribution in [0.15, 0.2) is 30.0 Å². The molecule has 2 aromatic heterocycles. The first kappa shape index (κ1) is 19.2.